The molecule has 0 unspecified atom stereocenters. The van der Waals surface area contributed by atoms with Crippen molar-refractivity contribution in [3.63, 3.8) is 0 Å². The largest absolute Gasteiger partial charge is 0.490 e. The van der Waals surface area contributed by atoms with Crippen LogP contribution in [0.4, 0.5) is 5.69 Å². The fraction of sp³-hybridized carbons (Fsp3) is 0.133. The molecule has 0 radical (unpaired) electrons. The molecule has 2 aromatic rings. The number of benzene rings is 2. The third kappa shape index (κ3) is 4.13. The van der Waals surface area contributed by atoms with Crippen LogP contribution in [0.25, 0.3) is 0 Å². The summed E-state index contributed by atoms with van der Waals surface area (Å²) < 4.78 is 12.0. The van der Waals surface area contributed by atoms with Gasteiger partial charge in [-0.25, -0.2) is 0 Å². The van der Waals surface area contributed by atoms with E-state index >= 15 is 0 Å². The molecule has 2 aromatic carbocycles. The Hall–Kier alpha value is -2.21. The summed E-state index contributed by atoms with van der Waals surface area (Å²) in [5.74, 6) is 0.442. The highest BCUT2D eigenvalue weighted by Gasteiger charge is 2.12. The van der Waals surface area contributed by atoms with E-state index in [9.17, 15) is 4.79 Å². The maximum atomic E-state index is 11.3. The second-order valence-electron chi connectivity index (χ2n) is 4.24. The summed E-state index contributed by atoms with van der Waals surface area (Å²) in [5, 5.41) is 0. The van der Waals surface area contributed by atoms with Gasteiger partial charge in [-0.05, 0) is 30.3 Å². The van der Waals surface area contributed by atoms with Crippen molar-refractivity contribution in [2.24, 2.45) is 5.73 Å². The molecule has 0 aromatic heterocycles. The number of nitrogen functional groups attached to an aromatic ring is 1. The van der Waals surface area contributed by atoms with Crippen LogP contribution in [-0.4, -0.2) is 19.1 Å². The SMILES string of the molecule is NC(=O)c1cccc(N)c1OCCOc1cccc(Br)c1. The van der Waals surface area contributed by atoms with Crippen LogP contribution in [0.2, 0.25) is 0 Å². The minimum Gasteiger partial charge on any atom is -0.490 e. The third-order valence-electron chi connectivity index (χ3n) is 2.71. The first kappa shape index (κ1) is 15.2. The van der Waals surface area contributed by atoms with Crippen LogP contribution in [0.3, 0.4) is 0 Å². The van der Waals surface area contributed by atoms with Crippen LogP contribution >= 0.6 is 15.9 Å². The van der Waals surface area contributed by atoms with E-state index in [2.05, 4.69) is 15.9 Å². The molecule has 0 saturated heterocycles. The lowest BCUT2D eigenvalue weighted by Crippen LogP contribution is -2.16. The molecule has 5 nitrogen and oxygen atoms in total. The summed E-state index contributed by atoms with van der Waals surface area (Å²) in [6, 6.07) is 12.4. The highest BCUT2D eigenvalue weighted by atomic mass is 79.9. The molecule has 21 heavy (non-hydrogen) atoms. The van der Waals surface area contributed by atoms with Crippen LogP contribution in [0.1, 0.15) is 10.4 Å². The molecule has 1 amide bonds. The maximum Gasteiger partial charge on any atom is 0.252 e. The monoisotopic (exact) mass is 350 g/mol. The van der Waals surface area contributed by atoms with E-state index < -0.39 is 5.91 Å². The first-order valence-electron chi connectivity index (χ1n) is 6.27. The summed E-state index contributed by atoms with van der Waals surface area (Å²) in [5.41, 5.74) is 11.7. The predicted octanol–water partition coefficient (Wildman–Crippen LogP) is 2.59. The van der Waals surface area contributed by atoms with Gasteiger partial charge in [0.05, 0.1) is 11.3 Å². The lowest BCUT2D eigenvalue weighted by Gasteiger charge is -2.12. The van der Waals surface area contributed by atoms with E-state index in [0.29, 0.717) is 18.0 Å². The van der Waals surface area contributed by atoms with Gasteiger partial charge >= 0.3 is 0 Å². The zero-order valence-corrected chi connectivity index (χ0v) is 12.8. The predicted molar refractivity (Wildman–Crippen MR) is 84.5 cm³/mol. The van der Waals surface area contributed by atoms with Crippen molar-refractivity contribution in [2.75, 3.05) is 18.9 Å². The van der Waals surface area contributed by atoms with Gasteiger partial charge in [0.1, 0.15) is 19.0 Å². The summed E-state index contributed by atoms with van der Waals surface area (Å²) >= 11 is 3.36. The lowest BCUT2D eigenvalue weighted by molar-refractivity contribution is 0.0995. The minimum absolute atomic E-state index is 0.251. The van der Waals surface area contributed by atoms with Gasteiger partial charge in [0.25, 0.3) is 5.91 Å². The van der Waals surface area contributed by atoms with Crippen LogP contribution < -0.4 is 20.9 Å². The Bertz CT molecular complexity index is 647. The summed E-state index contributed by atoms with van der Waals surface area (Å²) in [7, 11) is 0. The maximum absolute atomic E-state index is 11.3. The van der Waals surface area contributed by atoms with E-state index in [4.69, 9.17) is 20.9 Å². The molecule has 0 aliphatic rings. The third-order valence-corrected chi connectivity index (χ3v) is 3.20. The number of hydrogen-bond acceptors (Lipinski definition) is 4. The number of nitrogens with two attached hydrogens (primary N) is 2. The number of primary amides is 1. The zero-order valence-electron chi connectivity index (χ0n) is 11.2. The molecule has 0 fully saturated rings. The Kier molecular flexibility index (Phi) is 5.05. The van der Waals surface area contributed by atoms with E-state index in [1.165, 1.54) is 0 Å². The van der Waals surface area contributed by atoms with Crippen LogP contribution in [0.5, 0.6) is 11.5 Å². The number of carbonyl (C=O) groups excluding carboxylic acids is 1. The molecule has 0 spiro atoms. The second kappa shape index (κ2) is 6.99. The number of halogens is 1. The average Bonchev–Trinajstić information content (AvgIpc) is 2.44. The molecule has 110 valence electrons. The summed E-state index contributed by atoms with van der Waals surface area (Å²) in [6.07, 6.45) is 0. The fourth-order valence-corrected chi connectivity index (χ4v) is 2.15. The second-order valence-corrected chi connectivity index (χ2v) is 5.16. The topological polar surface area (TPSA) is 87.6 Å². The Balaban J connectivity index is 1.93. The molecule has 0 aliphatic carbocycles. The Morgan fingerprint density at radius 3 is 2.52 bits per heavy atom. The number of para-hydroxylation sites is 1. The van der Waals surface area contributed by atoms with Crippen molar-refractivity contribution >= 4 is 27.5 Å². The molecule has 0 atom stereocenters. The van der Waals surface area contributed by atoms with Gasteiger partial charge in [-0.15, -0.1) is 0 Å². The minimum atomic E-state index is -0.579. The highest BCUT2D eigenvalue weighted by Crippen LogP contribution is 2.26. The van der Waals surface area contributed by atoms with Crippen molar-refractivity contribution < 1.29 is 14.3 Å². The number of hydrogen-bond donors (Lipinski definition) is 2. The van der Waals surface area contributed by atoms with Crippen LogP contribution in [0.15, 0.2) is 46.9 Å². The van der Waals surface area contributed by atoms with Crippen molar-refractivity contribution in [3.05, 3.63) is 52.5 Å². The molecule has 6 heteroatoms. The number of carbonyl (C=O) groups is 1. The Labute approximate surface area is 131 Å². The molecule has 0 bridgehead atoms. The molecular weight excluding hydrogens is 336 g/mol. The van der Waals surface area contributed by atoms with E-state index in [-0.39, 0.29) is 12.2 Å². The van der Waals surface area contributed by atoms with Crippen LogP contribution in [0, 0.1) is 0 Å². The van der Waals surface area contributed by atoms with Crippen molar-refractivity contribution in [2.45, 2.75) is 0 Å². The smallest absolute Gasteiger partial charge is 0.252 e. The first-order chi connectivity index (χ1) is 10.1. The van der Waals surface area contributed by atoms with E-state index in [1.807, 2.05) is 24.3 Å². The molecule has 0 heterocycles. The van der Waals surface area contributed by atoms with Gasteiger partial charge in [0.2, 0.25) is 0 Å². The molecular formula is C15H15BrN2O3. The van der Waals surface area contributed by atoms with Crippen molar-refractivity contribution in [3.8, 4) is 11.5 Å². The normalized spacial score (nSPS) is 10.1. The average molecular weight is 351 g/mol. The summed E-state index contributed by atoms with van der Waals surface area (Å²) in [6.45, 7) is 0.573. The van der Waals surface area contributed by atoms with Crippen molar-refractivity contribution in [1.29, 1.82) is 0 Å². The standard InChI is InChI=1S/C15H15BrN2O3/c16-10-3-1-4-11(9-10)20-7-8-21-14-12(15(18)19)5-2-6-13(14)17/h1-6,9H,7-8,17H2,(H2,18,19). The zero-order chi connectivity index (χ0) is 15.2. The molecule has 4 N–H and O–H groups in total. The fourth-order valence-electron chi connectivity index (χ4n) is 1.77. The lowest BCUT2D eigenvalue weighted by atomic mass is 10.1. The Morgan fingerprint density at radius 1 is 1.10 bits per heavy atom. The number of ether oxygens (including phenoxy) is 2. The van der Waals surface area contributed by atoms with Gasteiger partial charge in [-0.1, -0.05) is 28.1 Å². The van der Waals surface area contributed by atoms with Gasteiger partial charge in [0.15, 0.2) is 5.75 Å². The number of rotatable bonds is 6. The molecule has 0 aliphatic heterocycles. The van der Waals surface area contributed by atoms with Gasteiger partial charge < -0.3 is 20.9 Å². The first-order valence-corrected chi connectivity index (χ1v) is 7.06. The van der Waals surface area contributed by atoms with Gasteiger partial charge in [-0.3, -0.25) is 4.79 Å². The van der Waals surface area contributed by atoms with Crippen LogP contribution in [-0.2, 0) is 0 Å². The van der Waals surface area contributed by atoms with E-state index in [0.717, 1.165) is 10.2 Å². The van der Waals surface area contributed by atoms with E-state index in [1.54, 1.807) is 18.2 Å². The number of anilines is 1. The summed E-state index contributed by atoms with van der Waals surface area (Å²) in [4.78, 5) is 11.3. The van der Waals surface area contributed by atoms with Crippen molar-refractivity contribution in [1.82, 2.24) is 0 Å². The molecule has 0 saturated carbocycles. The highest BCUT2D eigenvalue weighted by molar-refractivity contribution is 9.10. The quantitative estimate of drug-likeness (QED) is 0.619. The molecule has 2 rings (SSSR count). The number of amides is 1. The van der Waals surface area contributed by atoms with Gasteiger partial charge in [0, 0.05) is 4.47 Å². The Morgan fingerprint density at radius 2 is 1.81 bits per heavy atom. The van der Waals surface area contributed by atoms with Gasteiger partial charge in [-0.2, -0.15) is 0 Å².